The van der Waals surface area contributed by atoms with E-state index in [1.807, 2.05) is 0 Å². The van der Waals surface area contributed by atoms with Gasteiger partial charge in [-0.05, 0) is 51.1 Å². The van der Waals surface area contributed by atoms with Crippen LogP contribution in [0.25, 0.3) is 0 Å². The van der Waals surface area contributed by atoms with Crippen molar-refractivity contribution in [2.24, 2.45) is 5.92 Å². The Balaban J connectivity index is 1.93. The first kappa shape index (κ1) is 14.3. The fourth-order valence-electron chi connectivity index (χ4n) is 4.02. The lowest BCUT2D eigenvalue weighted by Gasteiger charge is -2.41. The standard InChI is InChI=1S/C16H32N2/c1-3-12-18(13-15-9-7-11-17-15)16-10-6-5-8-14(16)4-2/h14-17H,3-13H2,1-2H3. The van der Waals surface area contributed by atoms with E-state index in [1.165, 1.54) is 71.0 Å². The Hall–Kier alpha value is -0.0800. The van der Waals surface area contributed by atoms with Crippen LogP contribution >= 0.6 is 0 Å². The largest absolute Gasteiger partial charge is 0.313 e. The molecule has 0 spiro atoms. The molecule has 3 atom stereocenters. The molecule has 1 saturated heterocycles. The predicted molar refractivity (Wildman–Crippen MR) is 78.9 cm³/mol. The Labute approximate surface area is 114 Å². The highest BCUT2D eigenvalue weighted by Crippen LogP contribution is 2.31. The van der Waals surface area contributed by atoms with E-state index in [2.05, 4.69) is 24.1 Å². The first-order valence-electron chi connectivity index (χ1n) is 8.32. The fourth-order valence-corrected chi connectivity index (χ4v) is 4.02. The van der Waals surface area contributed by atoms with Crippen LogP contribution in [0.4, 0.5) is 0 Å². The molecule has 0 aromatic rings. The first-order valence-corrected chi connectivity index (χ1v) is 8.32. The Bertz CT molecular complexity index is 223. The molecule has 2 rings (SSSR count). The highest BCUT2D eigenvalue weighted by Gasteiger charge is 2.30. The van der Waals surface area contributed by atoms with Crippen molar-refractivity contribution in [1.82, 2.24) is 10.2 Å². The summed E-state index contributed by atoms with van der Waals surface area (Å²) in [5.41, 5.74) is 0. The van der Waals surface area contributed by atoms with Crippen molar-refractivity contribution >= 4 is 0 Å². The van der Waals surface area contributed by atoms with E-state index in [4.69, 9.17) is 0 Å². The average molecular weight is 252 g/mol. The van der Waals surface area contributed by atoms with Gasteiger partial charge >= 0.3 is 0 Å². The van der Waals surface area contributed by atoms with Crippen molar-refractivity contribution in [3.8, 4) is 0 Å². The lowest BCUT2D eigenvalue weighted by Crippen LogP contribution is -2.47. The van der Waals surface area contributed by atoms with Crippen LogP contribution in [0.3, 0.4) is 0 Å². The normalized spacial score (nSPS) is 33.2. The zero-order valence-corrected chi connectivity index (χ0v) is 12.5. The molecule has 0 aromatic carbocycles. The van der Waals surface area contributed by atoms with Crippen molar-refractivity contribution < 1.29 is 0 Å². The third kappa shape index (κ3) is 3.71. The summed E-state index contributed by atoms with van der Waals surface area (Å²) in [6.07, 6.45) is 11.3. The molecule has 1 aliphatic carbocycles. The summed E-state index contributed by atoms with van der Waals surface area (Å²) in [6, 6.07) is 1.65. The van der Waals surface area contributed by atoms with E-state index in [0.717, 1.165) is 18.0 Å². The maximum Gasteiger partial charge on any atom is 0.0195 e. The van der Waals surface area contributed by atoms with Crippen LogP contribution in [0.2, 0.25) is 0 Å². The average Bonchev–Trinajstić information content (AvgIpc) is 2.91. The fraction of sp³-hybridized carbons (Fsp3) is 1.00. The van der Waals surface area contributed by atoms with Gasteiger partial charge in [0, 0.05) is 18.6 Å². The van der Waals surface area contributed by atoms with Crippen molar-refractivity contribution in [2.45, 2.75) is 77.3 Å². The molecule has 0 bridgehead atoms. The van der Waals surface area contributed by atoms with Gasteiger partial charge in [0.05, 0.1) is 0 Å². The van der Waals surface area contributed by atoms with Crippen LogP contribution in [0, 0.1) is 5.92 Å². The Morgan fingerprint density at radius 1 is 1.06 bits per heavy atom. The van der Waals surface area contributed by atoms with Gasteiger partial charge in [-0.2, -0.15) is 0 Å². The molecular weight excluding hydrogens is 220 g/mol. The van der Waals surface area contributed by atoms with E-state index in [9.17, 15) is 0 Å². The SMILES string of the molecule is CCCN(CC1CCCN1)C1CCCCC1CC. The van der Waals surface area contributed by atoms with Gasteiger partial charge in [0.1, 0.15) is 0 Å². The van der Waals surface area contributed by atoms with Gasteiger partial charge in [0.25, 0.3) is 0 Å². The molecule has 2 nitrogen and oxygen atoms in total. The van der Waals surface area contributed by atoms with E-state index in [1.54, 1.807) is 0 Å². The van der Waals surface area contributed by atoms with E-state index in [0.29, 0.717) is 0 Å². The summed E-state index contributed by atoms with van der Waals surface area (Å²) in [6.45, 7) is 8.57. The summed E-state index contributed by atoms with van der Waals surface area (Å²) in [5.74, 6) is 0.965. The Kier molecular flexibility index (Phi) is 5.97. The van der Waals surface area contributed by atoms with Crippen LogP contribution in [0.15, 0.2) is 0 Å². The molecular formula is C16H32N2. The third-order valence-corrected chi connectivity index (χ3v) is 4.99. The van der Waals surface area contributed by atoms with Gasteiger partial charge in [0.15, 0.2) is 0 Å². The minimum Gasteiger partial charge on any atom is -0.313 e. The Morgan fingerprint density at radius 3 is 2.56 bits per heavy atom. The number of rotatable bonds is 6. The summed E-state index contributed by atoms with van der Waals surface area (Å²) >= 11 is 0. The lowest BCUT2D eigenvalue weighted by atomic mass is 9.81. The topological polar surface area (TPSA) is 15.3 Å². The van der Waals surface area contributed by atoms with E-state index < -0.39 is 0 Å². The monoisotopic (exact) mass is 252 g/mol. The highest BCUT2D eigenvalue weighted by atomic mass is 15.2. The summed E-state index contributed by atoms with van der Waals surface area (Å²) in [5, 5.41) is 3.68. The van der Waals surface area contributed by atoms with Gasteiger partial charge < -0.3 is 5.32 Å². The zero-order chi connectivity index (χ0) is 12.8. The van der Waals surface area contributed by atoms with E-state index >= 15 is 0 Å². The molecule has 3 unspecified atom stereocenters. The molecule has 1 saturated carbocycles. The number of nitrogens with zero attached hydrogens (tertiary/aromatic N) is 1. The first-order chi connectivity index (χ1) is 8.85. The summed E-state index contributed by atoms with van der Waals surface area (Å²) < 4.78 is 0. The summed E-state index contributed by atoms with van der Waals surface area (Å²) in [7, 11) is 0. The molecule has 2 fully saturated rings. The lowest BCUT2D eigenvalue weighted by molar-refractivity contribution is 0.0926. The minimum absolute atomic E-state index is 0.774. The van der Waals surface area contributed by atoms with Crippen molar-refractivity contribution in [2.75, 3.05) is 19.6 Å². The molecule has 2 heteroatoms. The Morgan fingerprint density at radius 2 is 1.89 bits per heavy atom. The van der Waals surface area contributed by atoms with Gasteiger partial charge in [-0.15, -0.1) is 0 Å². The third-order valence-electron chi connectivity index (χ3n) is 4.99. The molecule has 1 aliphatic heterocycles. The molecule has 106 valence electrons. The minimum atomic E-state index is 0.774. The summed E-state index contributed by atoms with van der Waals surface area (Å²) in [4.78, 5) is 2.83. The smallest absolute Gasteiger partial charge is 0.0195 e. The zero-order valence-electron chi connectivity index (χ0n) is 12.5. The molecule has 0 aromatic heterocycles. The maximum absolute atomic E-state index is 3.68. The van der Waals surface area contributed by atoms with Crippen LogP contribution in [-0.2, 0) is 0 Å². The van der Waals surface area contributed by atoms with Gasteiger partial charge in [-0.1, -0.05) is 33.1 Å². The predicted octanol–water partition coefficient (Wildman–Crippen LogP) is 3.42. The quantitative estimate of drug-likeness (QED) is 0.779. The number of nitrogens with one attached hydrogen (secondary N) is 1. The van der Waals surface area contributed by atoms with Gasteiger partial charge in [0.2, 0.25) is 0 Å². The van der Waals surface area contributed by atoms with Crippen molar-refractivity contribution in [3.63, 3.8) is 0 Å². The van der Waals surface area contributed by atoms with E-state index in [-0.39, 0.29) is 0 Å². The second-order valence-corrected chi connectivity index (χ2v) is 6.31. The van der Waals surface area contributed by atoms with Crippen LogP contribution in [-0.4, -0.2) is 36.6 Å². The molecule has 1 N–H and O–H groups in total. The second-order valence-electron chi connectivity index (χ2n) is 6.31. The molecule has 18 heavy (non-hydrogen) atoms. The maximum atomic E-state index is 3.68. The van der Waals surface area contributed by atoms with Crippen LogP contribution in [0.1, 0.15) is 65.2 Å². The van der Waals surface area contributed by atoms with Crippen LogP contribution < -0.4 is 5.32 Å². The van der Waals surface area contributed by atoms with Crippen molar-refractivity contribution in [3.05, 3.63) is 0 Å². The highest BCUT2D eigenvalue weighted by molar-refractivity contribution is 4.86. The molecule has 0 radical (unpaired) electrons. The van der Waals surface area contributed by atoms with Gasteiger partial charge in [-0.25, -0.2) is 0 Å². The number of hydrogen-bond acceptors (Lipinski definition) is 2. The van der Waals surface area contributed by atoms with Crippen molar-refractivity contribution in [1.29, 1.82) is 0 Å². The molecule has 1 heterocycles. The van der Waals surface area contributed by atoms with Crippen LogP contribution in [0.5, 0.6) is 0 Å². The van der Waals surface area contributed by atoms with Gasteiger partial charge in [-0.3, -0.25) is 4.90 Å². The molecule has 2 aliphatic rings. The second kappa shape index (κ2) is 7.49. The molecule has 0 amide bonds. The number of hydrogen-bond donors (Lipinski definition) is 1.